The van der Waals surface area contributed by atoms with Gasteiger partial charge in [0.05, 0.1) is 13.7 Å². The van der Waals surface area contributed by atoms with Crippen LogP contribution in [0.4, 0.5) is 0 Å². The van der Waals surface area contributed by atoms with Crippen molar-refractivity contribution in [2.24, 2.45) is 11.5 Å². The Bertz CT molecular complexity index is 980. The molecule has 3 rings (SSSR count). The third kappa shape index (κ3) is 11.2. The van der Waals surface area contributed by atoms with Crippen LogP contribution in [0.1, 0.15) is 31.7 Å². The molecule has 0 saturated carbocycles. The van der Waals surface area contributed by atoms with Gasteiger partial charge in [0.25, 0.3) is 0 Å². The van der Waals surface area contributed by atoms with Crippen LogP contribution in [0.3, 0.4) is 0 Å². The highest BCUT2D eigenvalue weighted by Crippen LogP contribution is 2.14. The van der Waals surface area contributed by atoms with Crippen LogP contribution >= 0.6 is 0 Å². The Balaban J connectivity index is 0.00000684. The topological polar surface area (TPSA) is 189 Å². The summed E-state index contributed by atoms with van der Waals surface area (Å²) in [6.07, 6.45) is 4.46. The molecule has 1 aromatic rings. The van der Waals surface area contributed by atoms with Crippen LogP contribution in [0.2, 0.25) is 0 Å². The maximum atomic E-state index is 13.2. The number of ether oxygens (including phenoxy) is 2. The molecule has 0 aliphatic carbocycles. The van der Waals surface area contributed by atoms with Gasteiger partial charge in [-0.15, -0.1) is 0 Å². The van der Waals surface area contributed by atoms with Gasteiger partial charge in [-0.05, 0) is 37.0 Å². The Hall–Kier alpha value is -3.80. The van der Waals surface area contributed by atoms with E-state index in [-0.39, 0.29) is 44.2 Å². The number of nitrogens with one attached hydrogen (secondary N) is 4. The van der Waals surface area contributed by atoms with E-state index in [0.717, 1.165) is 5.56 Å². The number of fused-ring (bicyclic) bond motifs is 13. The summed E-state index contributed by atoms with van der Waals surface area (Å²) in [6, 6.07) is 4.25. The van der Waals surface area contributed by atoms with Gasteiger partial charge in [0.1, 0.15) is 30.5 Å². The minimum absolute atomic E-state index is 0. The van der Waals surface area contributed by atoms with Crippen molar-refractivity contribution in [3.63, 3.8) is 0 Å². The number of methoxy groups -OCH3 is 1. The number of benzene rings is 1. The number of rotatable bonds is 6. The summed E-state index contributed by atoms with van der Waals surface area (Å²) in [4.78, 5) is 53.2. The fourth-order valence-electron chi connectivity index (χ4n) is 3.57. The molecule has 2 bridgehead atoms. The molecule has 0 spiro atoms. The third-order valence-corrected chi connectivity index (χ3v) is 5.38. The van der Waals surface area contributed by atoms with Crippen LogP contribution in [0.15, 0.2) is 36.4 Å². The lowest BCUT2D eigenvalue weighted by molar-refractivity contribution is -0.459. The van der Waals surface area contributed by atoms with Crippen LogP contribution < -0.4 is 49.6 Å². The van der Waals surface area contributed by atoms with E-state index in [1.807, 2.05) is 0 Å². The molecule has 3 atom stereocenters. The Morgan fingerprint density at radius 3 is 2.46 bits per heavy atom. The Labute approximate surface area is 222 Å². The van der Waals surface area contributed by atoms with E-state index in [2.05, 4.69) is 20.9 Å². The molecule has 204 valence electrons. The highest BCUT2D eigenvalue weighted by molar-refractivity contribution is 5.93. The molecular formula is C24H35ClN6O6. The molecule has 13 heteroatoms. The SMILES string of the molecule is COC(=O)[C@@H]1CC=CCOc2ccc(cc2)C[C@H](NC(C)=O)C(=O)N[C@H](CCC[NH+]=C(N)N)C(=O)N1.[Cl-]. The minimum Gasteiger partial charge on any atom is -1.00 e. The summed E-state index contributed by atoms with van der Waals surface area (Å²) in [5, 5.41) is 8.00. The zero-order chi connectivity index (χ0) is 26.5. The lowest BCUT2D eigenvalue weighted by Crippen LogP contribution is -3.00. The van der Waals surface area contributed by atoms with E-state index in [1.54, 1.807) is 36.4 Å². The van der Waals surface area contributed by atoms with Crippen LogP contribution in [0.25, 0.3) is 0 Å². The molecule has 2 aliphatic rings. The number of hydrogen-bond donors (Lipinski definition) is 6. The molecule has 0 aromatic heterocycles. The van der Waals surface area contributed by atoms with Gasteiger partial charge < -0.3 is 37.8 Å². The average Bonchev–Trinajstić information content (AvgIpc) is 2.84. The smallest absolute Gasteiger partial charge is 0.338 e. The van der Waals surface area contributed by atoms with Gasteiger partial charge in [-0.2, -0.15) is 0 Å². The van der Waals surface area contributed by atoms with Crippen molar-refractivity contribution in [2.45, 2.75) is 50.7 Å². The molecule has 3 amide bonds. The van der Waals surface area contributed by atoms with Crippen molar-refractivity contribution in [1.29, 1.82) is 0 Å². The Morgan fingerprint density at radius 2 is 1.84 bits per heavy atom. The largest absolute Gasteiger partial charge is 1.00 e. The molecule has 0 fully saturated rings. The molecule has 2 aliphatic heterocycles. The van der Waals surface area contributed by atoms with Crippen molar-refractivity contribution in [3.8, 4) is 5.75 Å². The number of nitrogens with two attached hydrogens (primary N) is 2. The second-order valence-electron chi connectivity index (χ2n) is 8.29. The van der Waals surface area contributed by atoms with E-state index in [4.69, 9.17) is 20.9 Å². The van der Waals surface area contributed by atoms with Gasteiger partial charge in [0, 0.05) is 13.3 Å². The first-order chi connectivity index (χ1) is 17.2. The van der Waals surface area contributed by atoms with Crippen LogP contribution in [0, 0.1) is 0 Å². The summed E-state index contributed by atoms with van der Waals surface area (Å²) in [5.41, 5.74) is 11.6. The zero-order valence-electron chi connectivity index (χ0n) is 20.9. The van der Waals surface area contributed by atoms with E-state index >= 15 is 0 Å². The van der Waals surface area contributed by atoms with Crippen LogP contribution in [-0.2, 0) is 30.3 Å². The number of halogens is 1. The quantitative estimate of drug-likeness (QED) is 0.0679. The van der Waals surface area contributed by atoms with Crippen molar-refractivity contribution in [2.75, 3.05) is 20.3 Å². The maximum Gasteiger partial charge on any atom is 0.338 e. The zero-order valence-corrected chi connectivity index (χ0v) is 21.7. The van der Waals surface area contributed by atoms with Gasteiger partial charge in [0.2, 0.25) is 17.7 Å². The van der Waals surface area contributed by atoms with Crippen molar-refractivity contribution < 1.29 is 46.1 Å². The van der Waals surface area contributed by atoms with Gasteiger partial charge in [-0.25, -0.2) is 4.79 Å². The van der Waals surface area contributed by atoms with Crippen LogP contribution in [0.5, 0.6) is 5.75 Å². The van der Waals surface area contributed by atoms with Crippen molar-refractivity contribution in [3.05, 3.63) is 42.0 Å². The summed E-state index contributed by atoms with van der Waals surface area (Å²) >= 11 is 0. The van der Waals surface area contributed by atoms with Gasteiger partial charge in [-0.3, -0.25) is 30.8 Å². The second kappa shape index (κ2) is 16.0. The van der Waals surface area contributed by atoms with Gasteiger partial charge in [0.15, 0.2) is 0 Å². The highest BCUT2D eigenvalue weighted by atomic mass is 35.5. The minimum atomic E-state index is -0.993. The predicted molar refractivity (Wildman–Crippen MR) is 131 cm³/mol. The molecule has 0 radical (unpaired) electrons. The Morgan fingerprint density at radius 1 is 1.14 bits per heavy atom. The molecule has 8 N–H and O–H groups in total. The third-order valence-electron chi connectivity index (χ3n) is 5.38. The highest BCUT2D eigenvalue weighted by Gasteiger charge is 2.29. The second-order valence-corrected chi connectivity index (χ2v) is 8.29. The molecular weight excluding hydrogens is 504 g/mol. The standard InChI is InChI=1S/C24H34N6O6.ClH/c1-15(31)28-20-14-16-8-10-17(11-9-16)36-13-4-3-6-19(23(34)35-2)30-21(32)18(29-22(20)33)7-5-12-27-24(25)26;/h3-4,8-11,18-20H,5-7,12-14H2,1-2H3,(H,28,31)(H,29,33)(H,30,32)(H4,25,26,27);1H/t18-,19+,20+;/m1./s1. The fourth-order valence-corrected chi connectivity index (χ4v) is 3.57. The van der Waals surface area contributed by atoms with E-state index in [9.17, 15) is 19.2 Å². The monoisotopic (exact) mass is 538 g/mol. The first-order valence-corrected chi connectivity index (χ1v) is 11.6. The van der Waals surface area contributed by atoms with E-state index < -0.39 is 41.8 Å². The lowest BCUT2D eigenvalue weighted by atomic mass is 10.0. The Kier molecular flexibility index (Phi) is 13.5. The number of amides is 3. The summed E-state index contributed by atoms with van der Waals surface area (Å²) in [5.74, 6) is -1.47. The molecule has 0 unspecified atom stereocenters. The van der Waals surface area contributed by atoms with Gasteiger partial charge >= 0.3 is 11.9 Å². The maximum absolute atomic E-state index is 13.2. The number of carbonyl (C=O) groups excluding carboxylic acids is 4. The number of guanidine groups is 1. The van der Waals surface area contributed by atoms with Crippen LogP contribution in [-0.4, -0.2) is 68.0 Å². The van der Waals surface area contributed by atoms with E-state index in [1.165, 1.54) is 14.0 Å². The number of carbonyl (C=O) groups is 4. The summed E-state index contributed by atoms with van der Waals surface area (Å²) in [7, 11) is 1.23. The predicted octanol–water partition coefficient (Wildman–Crippen LogP) is -5.65. The molecule has 12 nitrogen and oxygen atoms in total. The summed E-state index contributed by atoms with van der Waals surface area (Å²) < 4.78 is 10.5. The molecule has 1 aromatic carbocycles. The lowest BCUT2D eigenvalue weighted by Gasteiger charge is -2.24. The van der Waals surface area contributed by atoms with Crippen molar-refractivity contribution >= 4 is 29.7 Å². The van der Waals surface area contributed by atoms with Gasteiger partial charge in [-0.1, -0.05) is 24.3 Å². The first-order valence-electron chi connectivity index (χ1n) is 11.6. The number of esters is 1. The average molecular weight is 539 g/mol. The van der Waals surface area contributed by atoms with Crippen molar-refractivity contribution in [1.82, 2.24) is 16.0 Å². The molecule has 37 heavy (non-hydrogen) atoms. The number of hydrogen-bond acceptors (Lipinski definition) is 6. The summed E-state index contributed by atoms with van der Waals surface area (Å²) in [6.45, 7) is 1.93. The molecule has 2 heterocycles. The fraction of sp³-hybridized carbons (Fsp3) is 0.458. The molecule has 0 saturated heterocycles. The van der Waals surface area contributed by atoms with E-state index in [0.29, 0.717) is 18.7 Å². The first kappa shape index (κ1) is 31.2. The normalized spacial score (nSPS) is 20.2.